The van der Waals surface area contributed by atoms with Crippen LogP contribution in [0.3, 0.4) is 0 Å². The molecule has 1 rings (SSSR count). The Labute approximate surface area is 172 Å². The van der Waals surface area contributed by atoms with Crippen LogP contribution in [0.15, 0.2) is 4.99 Å². The maximum atomic E-state index is 11.3. The average Bonchev–Trinajstić information content (AvgIpc) is 3.01. The predicted molar refractivity (Wildman–Crippen MR) is 119 cm³/mol. The van der Waals surface area contributed by atoms with Gasteiger partial charge in [-0.05, 0) is 24.2 Å². The molecule has 0 radical (unpaired) electrons. The number of hydrogen-bond acceptors (Lipinski definition) is 3. The monoisotopic (exact) mass is 487 g/mol. The third-order valence-electron chi connectivity index (χ3n) is 4.91. The summed E-state index contributed by atoms with van der Waals surface area (Å²) in [6.07, 6.45) is 11.5. The molecule has 0 atom stereocenters. The van der Waals surface area contributed by atoms with E-state index in [0.29, 0.717) is 13.0 Å². The van der Waals surface area contributed by atoms with Crippen LogP contribution in [0.25, 0.3) is 0 Å². The van der Waals surface area contributed by atoms with E-state index in [-0.39, 0.29) is 35.1 Å². The van der Waals surface area contributed by atoms with Gasteiger partial charge < -0.3 is 10.6 Å². The Bertz CT molecular complexity index is 487. The Balaban J connectivity index is 0.00000576. The smallest absolute Gasteiger partial charge is 0.190 e. The second-order valence-electron chi connectivity index (χ2n) is 8.04. The maximum absolute atomic E-state index is 11.3. The van der Waals surface area contributed by atoms with Gasteiger partial charge >= 0.3 is 0 Å². The van der Waals surface area contributed by atoms with E-state index in [0.717, 1.165) is 18.4 Å². The molecule has 5 nitrogen and oxygen atoms in total. The first kappa shape index (κ1) is 24.9. The molecule has 0 aromatic heterocycles. The summed E-state index contributed by atoms with van der Waals surface area (Å²) in [5.74, 6) is 2.01. The van der Waals surface area contributed by atoms with Gasteiger partial charge in [-0.15, -0.1) is 24.0 Å². The highest BCUT2D eigenvalue weighted by Crippen LogP contribution is 2.28. The van der Waals surface area contributed by atoms with Crippen LogP contribution < -0.4 is 10.6 Å². The van der Waals surface area contributed by atoms with Crippen molar-refractivity contribution in [2.75, 3.05) is 32.1 Å². The summed E-state index contributed by atoms with van der Waals surface area (Å²) < 4.78 is 22.6. The van der Waals surface area contributed by atoms with Crippen molar-refractivity contribution in [3.8, 4) is 0 Å². The van der Waals surface area contributed by atoms with Crippen molar-refractivity contribution >= 4 is 39.8 Å². The molecule has 0 aliphatic heterocycles. The first-order chi connectivity index (χ1) is 11.2. The highest BCUT2D eigenvalue weighted by atomic mass is 127. The molecule has 1 aliphatic rings. The van der Waals surface area contributed by atoms with Gasteiger partial charge in [0.2, 0.25) is 0 Å². The topological polar surface area (TPSA) is 70.6 Å². The van der Waals surface area contributed by atoms with Crippen molar-refractivity contribution in [2.24, 2.45) is 16.3 Å². The molecular weight excluding hydrogens is 449 g/mol. The summed E-state index contributed by atoms with van der Waals surface area (Å²) in [4.78, 5) is 4.25. The molecule has 7 heteroatoms. The van der Waals surface area contributed by atoms with Crippen molar-refractivity contribution < 1.29 is 8.42 Å². The Morgan fingerprint density at radius 1 is 1.16 bits per heavy atom. The number of halogens is 1. The molecule has 0 unspecified atom stereocenters. The molecule has 0 bridgehead atoms. The van der Waals surface area contributed by atoms with Crippen LogP contribution >= 0.6 is 24.0 Å². The third kappa shape index (κ3) is 12.9. The van der Waals surface area contributed by atoms with Gasteiger partial charge in [-0.1, -0.05) is 52.4 Å². The zero-order valence-electron chi connectivity index (χ0n) is 16.4. The van der Waals surface area contributed by atoms with Crippen LogP contribution in [0.5, 0.6) is 0 Å². The molecule has 0 heterocycles. The fourth-order valence-corrected chi connectivity index (χ4v) is 4.08. The number of sulfone groups is 1. The van der Waals surface area contributed by atoms with Crippen molar-refractivity contribution in [3.05, 3.63) is 0 Å². The van der Waals surface area contributed by atoms with Crippen LogP contribution in [-0.2, 0) is 9.84 Å². The summed E-state index contributed by atoms with van der Waals surface area (Å²) in [7, 11) is -1.13. The van der Waals surface area contributed by atoms with E-state index >= 15 is 0 Å². The molecule has 25 heavy (non-hydrogen) atoms. The number of nitrogens with zero attached hydrogens (tertiary/aromatic N) is 1. The summed E-state index contributed by atoms with van der Waals surface area (Å²) >= 11 is 0. The minimum atomic E-state index is -2.90. The Morgan fingerprint density at radius 2 is 1.80 bits per heavy atom. The molecular formula is C18H38IN3O2S. The fourth-order valence-electron chi connectivity index (χ4n) is 3.16. The molecule has 1 fully saturated rings. The van der Waals surface area contributed by atoms with Crippen molar-refractivity contribution in [1.82, 2.24) is 10.6 Å². The first-order valence-electron chi connectivity index (χ1n) is 9.34. The zero-order chi connectivity index (χ0) is 18.1. The van der Waals surface area contributed by atoms with E-state index in [1.54, 1.807) is 7.05 Å². The quantitative estimate of drug-likeness (QED) is 0.214. The minimum absolute atomic E-state index is 0. The van der Waals surface area contributed by atoms with Crippen LogP contribution in [0.4, 0.5) is 0 Å². The molecule has 2 N–H and O–H groups in total. The Kier molecular flexibility index (Phi) is 12.3. The van der Waals surface area contributed by atoms with E-state index in [1.807, 2.05) is 0 Å². The SMILES string of the molecule is CN=C(NCCCCC1CCCC1)NCC(C)(C)CCS(C)(=O)=O.I. The van der Waals surface area contributed by atoms with Crippen molar-refractivity contribution in [2.45, 2.75) is 65.2 Å². The lowest BCUT2D eigenvalue weighted by Crippen LogP contribution is -2.42. The zero-order valence-corrected chi connectivity index (χ0v) is 19.6. The Hall–Kier alpha value is -0.0500. The van der Waals surface area contributed by atoms with Gasteiger partial charge in [-0.2, -0.15) is 0 Å². The number of guanidine groups is 1. The van der Waals surface area contributed by atoms with E-state index in [4.69, 9.17) is 0 Å². The van der Waals surface area contributed by atoms with Crippen LogP contribution in [0, 0.1) is 11.3 Å². The van der Waals surface area contributed by atoms with Gasteiger partial charge in [0.05, 0.1) is 5.75 Å². The van der Waals surface area contributed by atoms with E-state index in [9.17, 15) is 8.42 Å². The molecule has 1 aliphatic carbocycles. The molecule has 0 aromatic rings. The summed E-state index contributed by atoms with van der Waals surface area (Å²) in [6, 6.07) is 0. The molecule has 150 valence electrons. The second kappa shape index (κ2) is 12.4. The van der Waals surface area contributed by atoms with Crippen LogP contribution in [-0.4, -0.2) is 46.5 Å². The Morgan fingerprint density at radius 3 is 2.36 bits per heavy atom. The highest BCUT2D eigenvalue weighted by Gasteiger charge is 2.20. The van der Waals surface area contributed by atoms with Crippen molar-refractivity contribution in [3.63, 3.8) is 0 Å². The van der Waals surface area contributed by atoms with E-state index < -0.39 is 9.84 Å². The summed E-state index contributed by atoms with van der Waals surface area (Å²) in [5.41, 5.74) is -0.0802. The van der Waals surface area contributed by atoms with Gasteiger partial charge in [-0.25, -0.2) is 8.42 Å². The number of unbranched alkanes of at least 4 members (excludes halogenated alkanes) is 1. The molecule has 0 saturated heterocycles. The largest absolute Gasteiger partial charge is 0.356 e. The highest BCUT2D eigenvalue weighted by molar-refractivity contribution is 14.0. The molecule has 0 spiro atoms. The van der Waals surface area contributed by atoms with Gasteiger partial charge in [-0.3, -0.25) is 4.99 Å². The van der Waals surface area contributed by atoms with Crippen LogP contribution in [0.2, 0.25) is 0 Å². The summed E-state index contributed by atoms with van der Waals surface area (Å²) in [6.45, 7) is 5.82. The number of nitrogens with one attached hydrogen (secondary N) is 2. The normalized spacial score (nSPS) is 16.6. The number of rotatable bonds is 10. The van der Waals surface area contributed by atoms with E-state index in [2.05, 4.69) is 29.5 Å². The van der Waals surface area contributed by atoms with Gasteiger partial charge in [0.1, 0.15) is 9.84 Å². The van der Waals surface area contributed by atoms with E-state index in [1.165, 1.54) is 51.2 Å². The van der Waals surface area contributed by atoms with Gasteiger partial charge in [0.15, 0.2) is 5.96 Å². The lowest BCUT2D eigenvalue weighted by Gasteiger charge is -2.25. The maximum Gasteiger partial charge on any atom is 0.190 e. The molecule has 0 aromatic carbocycles. The molecule has 1 saturated carbocycles. The van der Waals surface area contributed by atoms with Crippen molar-refractivity contribution in [1.29, 1.82) is 0 Å². The molecule has 0 amide bonds. The number of hydrogen-bond donors (Lipinski definition) is 2. The van der Waals surface area contributed by atoms with Gasteiger partial charge in [0.25, 0.3) is 0 Å². The lowest BCUT2D eigenvalue weighted by molar-refractivity contribution is 0.348. The minimum Gasteiger partial charge on any atom is -0.356 e. The second-order valence-corrected chi connectivity index (χ2v) is 10.3. The lowest BCUT2D eigenvalue weighted by atomic mass is 9.90. The van der Waals surface area contributed by atoms with Crippen LogP contribution in [0.1, 0.15) is 65.2 Å². The standard InChI is InChI=1S/C18H37N3O2S.HI/c1-18(2,12-14-24(4,22)23)15-21-17(19-3)20-13-8-7-11-16-9-5-6-10-16;/h16H,5-15H2,1-4H3,(H2,19,20,21);1H. The fraction of sp³-hybridized carbons (Fsp3) is 0.944. The average molecular weight is 487 g/mol. The van der Waals surface area contributed by atoms with Gasteiger partial charge in [0, 0.05) is 26.4 Å². The first-order valence-corrected chi connectivity index (χ1v) is 11.4. The number of aliphatic imine (C=N–C) groups is 1. The summed E-state index contributed by atoms with van der Waals surface area (Å²) in [5, 5.41) is 6.68. The third-order valence-corrected chi connectivity index (χ3v) is 5.86. The predicted octanol–water partition coefficient (Wildman–Crippen LogP) is 3.59.